The van der Waals surface area contributed by atoms with Gasteiger partial charge in [-0.25, -0.2) is 9.97 Å². The highest BCUT2D eigenvalue weighted by atomic mass is 16.6. The maximum atomic E-state index is 6.32. The van der Waals surface area contributed by atoms with Gasteiger partial charge in [-0.3, -0.25) is 0 Å². The topological polar surface area (TPSA) is 90.5 Å². The predicted molar refractivity (Wildman–Crippen MR) is 139 cm³/mol. The SMILES string of the molecule is C=C1CCc2c(Oc3ccc4c(c3)CC(c3ncc(-c5ccc6c(c5)OCCO6)[nH]3)CO4)ccnc2N1. The van der Waals surface area contributed by atoms with Crippen molar-refractivity contribution in [1.82, 2.24) is 15.0 Å². The van der Waals surface area contributed by atoms with Gasteiger partial charge in [-0.15, -0.1) is 0 Å². The third-order valence-electron chi connectivity index (χ3n) is 6.99. The van der Waals surface area contributed by atoms with Crippen molar-refractivity contribution in [3.8, 4) is 40.0 Å². The van der Waals surface area contributed by atoms with E-state index in [0.29, 0.717) is 19.8 Å². The second-order valence-electron chi connectivity index (χ2n) is 9.49. The van der Waals surface area contributed by atoms with Crippen LogP contribution < -0.4 is 24.3 Å². The van der Waals surface area contributed by atoms with Gasteiger partial charge in [-0.1, -0.05) is 6.58 Å². The van der Waals surface area contributed by atoms with Crippen LogP contribution in [0, 0.1) is 0 Å². The molecule has 0 aliphatic carbocycles. The summed E-state index contributed by atoms with van der Waals surface area (Å²) in [5, 5.41) is 3.26. The molecule has 2 aromatic heterocycles. The zero-order valence-corrected chi connectivity index (χ0v) is 20.3. The minimum absolute atomic E-state index is 0.109. The molecule has 0 bridgehead atoms. The lowest BCUT2D eigenvalue weighted by atomic mass is 9.96. The lowest BCUT2D eigenvalue weighted by Gasteiger charge is -2.25. The number of pyridine rings is 1. The van der Waals surface area contributed by atoms with Crippen LogP contribution in [0.4, 0.5) is 5.82 Å². The van der Waals surface area contributed by atoms with Crippen LogP contribution in [0.5, 0.6) is 28.7 Å². The molecule has 7 rings (SSSR count). The number of benzene rings is 2. The molecule has 0 saturated carbocycles. The molecule has 8 nitrogen and oxygen atoms in total. The maximum Gasteiger partial charge on any atom is 0.162 e. The normalized spacial score (nSPS) is 17.7. The van der Waals surface area contributed by atoms with Gasteiger partial charge in [0.15, 0.2) is 11.5 Å². The number of aromatic amines is 1. The molecule has 0 fully saturated rings. The third-order valence-corrected chi connectivity index (χ3v) is 6.99. The van der Waals surface area contributed by atoms with Gasteiger partial charge in [0.05, 0.1) is 24.4 Å². The molecule has 0 amide bonds. The van der Waals surface area contributed by atoms with Crippen molar-refractivity contribution in [2.45, 2.75) is 25.2 Å². The molecule has 5 heterocycles. The van der Waals surface area contributed by atoms with Crippen molar-refractivity contribution < 1.29 is 18.9 Å². The monoisotopic (exact) mass is 494 g/mol. The first-order valence-corrected chi connectivity index (χ1v) is 12.5. The highest BCUT2D eigenvalue weighted by Crippen LogP contribution is 2.39. The molecule has 3 aliphatic rings. The number of H-pyrrole nitrogens is 1. The summed E-state index contributed by atoms with van der Waals surface area (Å²) in [7, 11) is 0. The molecule has 1 unspecified atom stereocenters. The Morgan fingerprint density at radius 1 is 0.919 bits per heavy atom. The Kier molecular flexibility index (Phi) is 5.23. The first-order valence-electron chi connectivity index (χ1n) is 12.5. The van der Waals surface area contributed by atoms with E-state index in [1.54, 1.807) is 6.20 Å². The summed E-state index contributed by atoms with van der Waals surface area (Å²) in [6, 6.07) is 13.9. The number of hydrogen-bond acceptors (Lipinski definition) is 7. The summed E-state index contributed by atoms with van der Waals surface area (Å²) in [6.07, 6.45) is 6.14. The van der Waals surface area contributed by atoms with E-state index in [2.05, 4.69) is 32.9 Å². The third kappa shape index (κ3) is 4.14. The molecule has 0 saturated heterocycles. The number of anilines is 1. The fourth-order valence-electron chi connectivity index (χ4n) is 5.06. The van der Waals surface area contributed by atoms with E-state index in [1.807, 2.05) is 42.6 Å². The predicted octanol–water partition coefficient (Wildman–Crippen LogP) is 5.63. The molecular formula is C29H26N4O4. The average Bonchev–Trinajstić information content (AvgIpc) is 3.43. The number of aromatic nitrogens is 3. The van der Waals surface area contributed by atoms with Crippen molar-refractivity contribution in [2.75, 3.05) is 25.1 Å². The van der Waals surface area contributed by atoms with Gasteiger partial charge in [-0.2, -0.15) is 0 Å². The summed E-state index contributed by atoms with van der Waals surface area (Å²) in [4.78, 5) is 12.6. The lowest BCUT2D eigenvalue weighted by Crippen LogP contribution is -2.20. The van der Waals surface area contributed by atoms with E-state index >= 15 is 0 Å². The highest BCUT2D eigenvalue weighted by molar-refractivity contribution is 5.64. The average molecular weight is 495 g/mol. The molecule has 3 aliphatic heterocycles. The van der Waals surface area contributed by atoms with Crippen LogP contribution in [0.3, 0.4) is 0 Å². The van der Waals surface area contributed by atoms with E-state index in [0.717, 1.165) is 87.7 Å². The fraction of sp³-hybridized carbons (Fsp3) is 0.241. The molecular weight excluding hydrogens is 468 g/mol. The van der Waals surface area contributed by atoms with Crippen LogP contribution in [0.2, 0.25) is 0 Å². The summed E-state index contributed by atoms with van der Waals surface area (Å²) < 4.78 is 23.8. The second kappa shape index (κ2) is 8.89. The second-order valence-corrected chi connectivity index (χ2v) is 9.49. The van der Waals surface area contributed by atoms with Gasteiger partial charge in [0.1, 0.15) is 42.1 Å². The van der Waals surface area contributed by atoms with Crippen molar-refractivity contribution in [1.29, 1.82) is 0 Å². The molecule has 186 valence electrons. The quantitative estimate of drug-likeness (QED) is 0.380. The smallest absolute Gasteiger partial charge is 0.162 e. The Hall–Kier alpha value is -4.46. The highest BCUT2D eigenvalue weighted by Gasteiger charge is 2.25. The molecule has 1 atom stereocenters. The van der Waals surface area contributed by atoms with E-state index in [-0.39, 0.29) is 5.92 Å². The van der Waals surface area contributed by atoms with Gasteiger partial charge in [-0.05, 0) is 67.3 Å². The van der Waals surface area contributed by atoms with Crippen LogP contribution >= 0.6 is 0 Å². The largest absolute Gasteiger partial charge is 0.493 e. The van der Waals surface area contributed by atoms with Crippen LogP contribution in [0.1, 0.15) is 29.3 Å². The van der Waals surface area contributed by atoms with Crippen molar-refractivity contribution in [3.63, 3.8) is 0 Å². The number of hydrogen-bond donors (Lipinski definition) is 2. The number of imidazole rings is 1. The summed E-state index contributed by atoms with van der Waals surface area (Å²) >= 11 is 0. The first-order chi connectivity index (χ1) is 18.2. The zero-order chi connectivity index (χ0) is 24.8. The molecule has 4 aromatic rings. The van der Waals surface area contributed by atoms with Gasteiger partial charge in [0.2, 0.25) is 0 Å². The van der Waals surface area contributed by atoms with E-state index in [9.17, 15) is 0 Å². The number of nitrogens with one attached hydrogen (secondary N) is 2. The molecule has 37 heavy (non-hydrogen) atoms. The van der Waals surface area contributed by atoms with Crippen molar-refractivity contribution in [3.05, 3.63) is 84.1 Å². The summed E-state index contributed by atoms with van der Waals surface area (Å²) in [5.74, 6) is 5.84. The Bertz CT molecular complexity index is 1510. The fourth-order valence-corrected chi connectivity index (χ4v) is 5.06. The Morgan fingerprint density at radius 3 is 2.76 bits per heavy atom. The lowest BCUT2D eigenvalue weighted by molar-refractivity contribution is 0.171. The number of allylic oxidation sites excluding steroid dienone is 1. The van der Waals surface area contributed by atoms with Crippen LogP contribution in [-0.2, 0) is 12.8 Å². The molecule has 2 N–H and O–H groups in total. The Labute approximate surface area is 214 Å². The Morgan fingerprint density at radius 2 is 1.81 bits per heavy atom. The van der Waals surface area contributed by atoms with E-state index in [4.69, 9.17) is 18.9 Å². The zero-order valence-electron chi connectivity index (χ0n) is 20.3. The molecule has 2 aromatic carbocycles. The minimum Gasteiger partial charge on any atom is -0.493 e. The minimum atomic E-state index is 0.109. The first kappa shape index (κ1) is 21.8. The number of rotatable bonds is 4. The van der Waals surface area contributed by atoms with E-state index in [1.165, 1.54) is 0 Å². The Balaban J connectivity index is 1.10. The standard InChI is InChI=1S/C29H26N4O4/c1-17-2-5-22-25(8-9-30-29(22)32-17)37-21-4-7-24-19(13-21)12-20(16-36-24)28-31-15-23(33-28)18-3-6-26-27(14-18)35-11-10-34-26/h3-4,6-9,13-15,20H,1-2,5,10-12,16H2,(H,30,32)(H,31,33). The molecule has 0 spiro atoms. The summed E-state index contributed by atoms with van der Waals surface area (Å²) in [6.45, 7) is 5.72. The molecule has 8 heteroatoms. The van der Waals surface area contributed by atoms with Crippen LogP contribution in [-0.4, -0.2) is 34.8 Å². The molecule has 0 radical (unpaired) electrons. The van der Waals surface area contributed by atoms with Crippen molar-refractivity contribution >= 4 is 5.82 Å². The van der Waals surface area contributed by atoms with Gasteiger partial charge >= 0.3 is 0 Å². The summed E-state index contributed by atoms with van der Waals surface area (Å²) in [5.41, 5.74) is 5.09. The van der Waals surface area contributed by atoms with Gasteiger partial charge in [0.25, 0.3) is 0 Å². The van der Waals surface area contributed by atoms with E-state index < -0.39 is 0 Å². The van der Waals surface area contributed by atoms with Gasteiger partial charge < -0.3 is 29.2 Å². The van der Waals surface area contributed by atoms with Gasteiger partial charge in [0, 0.05) is 23.0 Å². The maximum absolute atomic E-state index is 6.32. The number of nitrogens with zero attached hydrogens (tertiary/aromatic N) is 2. The van der Waals surface area contributed by atoms with Crippen molar-refractivity contribution in [2.24, 2.45) is 0 Å². The number of ether oxygens (including phenoxy) is 4. The number of fused-ring (bicyclic) bond motifs is 3. The van der Waals surface area contributed by atoms with Crippen LogP contribution in [0.15, 0.2) is 67.1 Å². The van der Waals surface area contributed by atoms with Crippen LogP contribution in [0.25, 0.3) is 11.3 Å².